The molecule has 0 saturated heterocycles. The Morgan fingerprint density at radius 3 is 2.33 bits per heavy atom. The lowest BCUT2D eigenvalue weighted by atomic mass is 9.98. The monoisotopic (exact) mass is 255 g/mol. The average Bonchev–Trinajstić information content (AvgIpc) is 2.90. The first kappa shape index (κ1) is 13.6. The van der Waals surface area contributed by atoms with E-state index in [9.17, 15) is 5.11 Å². The zero-order chi connectivity index (χ0) is 13.2. The van der Waals surface area contributed by atoms with Crippen LogP contribution in [0, 0.1) is 5.41 Å². The molecule has 0 aromatic rings. The van der Waals surface area contributed by atoms with Crippen molar-refractivity contribution >= 4 is 5.84 Å². The van der Waals surface area contributed by atoms with Crippen LogP contribution >= 0.6 is 0 Å². The minimum atomic E-state index is -0.485. The fourth-order valence-electron chi connectivity index (χ4n) is 3.31. The van der Waals surface area contributed by atoms with Crippen molar-refractivity contribution in [1.82, 2.24) is 4.90 Å². The molecule has 2 fully saturated rings. The minimum absolute atomic E-state index is 0.181. The first-order valence-electron chi connectivity index (χ1n) is 6.84. The Balaban J connectivity index is 1.82. The van der Waals surface area contributed by atoms with Crippen LogP contribution in [0.25, 0.3) is 0 Å². The number of amidine groups is 1. The summed E-state index contributed by atoms with van der Waals surface area (Å²) >= 11 is 0. The fourth-order valence-corrected chi connectivity index (χ4v) is 3.31. The number of likely N-dealkylation sites (N-methyl/N-ethyl adjacent to an activating group) is 1. The summed E-state index contributed by atoms with van der Waals surface area (Å²) in [4.78, 5) is 2.21. The highest BCUT2D eigenvalue weighted by atomic mass is 16.4. The van der Waals surface area contributed by atoms with E-state index < -0.39 is 5.60 Å². The molecule has 0 aliphatic heterocycles. The van der Waals surface area contributed by atoms with E-state index in [4.69, 9.17) is 10.9 Å². The number of hydrogen-bond donors (Lipinski definition) is 3. The second-order valence-electron chi connectivity index (χ2n) is 6.37. The average molecular weight is 255 g/mol. The van der Waals surface area contributed by atoms with Crippen LogP contribution in [0.2, 0.25) is 0 Å². The van der Waals surface area contributed by atoms with Gasteiger partial charge in [0.05, 0.1) is 5.60 Å². The van der Waals surface area contributed by atoms with Gasteiger partial charge >= 0.3 is 0 Å². The molecule has 0 amide bonds. The first-order valence-corrected chi connectivity index (χ1v) is 6.84. The molecule has 0 spiro atoms. The van der Waals surface area contributed by atoms with E-state index in [-0.39, 0.29) is 5.41 Å². The van der Waals surface area contributed by atoms with Gasteiger partial charge in [0.1, 0.15) is 5.84 Å². The van der Waals surface area contributed by atoms with Gasteiger partial charge in [-0.05, 0) is 38.1 Å². The molecule has 5 nitrogen and oxygen atoms in total. The van der Waals surface area contributed by atoms with Gasteiger partial charge in [-0.2, -0.15) is 0 Å². The standard InChI is InChI=1S/C13H25N3O2/c1-16(10-13(17)4-2-3-5-13)9-12(6-7-12)8-11(14)15-18/h17-18H,2-10H2,1H3,(H2,14,15). The molecular weight excluding hydrogens is 230 g/mol. The highest BCUT2D eigenvalue weighted by molar-refractivity contribution is 5.80. The molecule has 2 aliphatic rings. The molecule has 0 unspecified atom stereocenters. The lowest BCUT2D eigenvalue weighted by molar-refractivity contribution is 0.0120. The van der Waals surface area contributed by atoms with Crippen molar-refractivity contribution in [3.63, 3.8) is 0 Å². The molecule has 0 heterocycles. The normalized spacial score (nSPS) is 25.6. The summed E-state index contributed by atoms with van der Waals surface area (Å²) < 4.78 is 0. The maximum absolute atomic E-state index is 10.4. The van der Waals surface area contributed by atoms with Crippen molar-refractivity contribution in [3.8, 4) is 0 Å². The molecule has 0 aromatic carbocycles. The van der Waals surface area contributed by atoms with Gasteiger partial charge in [0.2, 0.25) is 0 Å². The number of oxime groups is 1. The second kappa shape index (κ2) is 5.05. The molecule has 104 valence electrons. The highest BCUT2D eigenvalue weighted by Gasteiger charge is 2.45. The Bertz CT molecular complexity index is 320. The number of nitrogens with two attached hydrogens (primary N) is 1. The van der Waals surface area contributed by atoms with Gasteiger partial charge in [-0.15, -0.1) is 0 Å². The SMILES string of the molecule is CN(CC1(O)CCCC1)CC1(CC(N)=NO)CC1. The van der Waals surface area contributed by atoms with Gasteiger partial charge in [0.25, 0.3) is 0 Å². The Hall–Kier alpha value is -0.810. The van der Waals surface area contributed by atoms with Crippen LogP contribution < -0.4 is 5.73 Å². The van der Waals surface area contributed by atoms with Crippen LogP contribution in [-0.2, 0) is 0 Å². The first-order chi connectivity index (χ1) is 8.47. The number of nitrogens with zero attached hydrogens (tertiary/aromatic N) is 2. The minimum Gasteiger partial charge on any atom is -0.409 e. The zero-order valence-corrected chi connectivity index (χ0v) is 11.2. The van der Waals surface area contributed by atoms with Crippen LogP contribution in [0.5, 0.6) is 0 Å². The molecule has 18 heavy (non-hydrogen) atoms. The van der Waals surface area contributed by atoms with Crippen molar-refractivity contribution in [3.05, 3.63) is 0 Å². The molecule has 2 aliphatic carbocycles. The van der Waals surface area contributed by atoms with E-state index in [1.807, 2.05) is 0 Å². The molecular formula is C13H25N3O2. The zero-order valence-electron chi connectivity index (χ0n) is 11.2. The van der Waals surface area contributed by atoms with Crippen molar-refractivity contribution in [2.75, 3.05) is 20.1 Å². The maximum Gasteiger partial charge on any atom is 0.139 e. The lowest BCUT2D eigenvalue weighted by Gasteiger charge is -2.31. The maximum atomic E-state index is 10.4. The second-order valence-corrected chi connectivity index (χ2v) is 6.37. The third kappa shape index (κ3) is 3.36. The van der Waals surface area contributed by atoms with E-state index in [0.717, 1.165) is 51.6 Å². The number of hydrogen-bond acceptors (Lipinski definition) is 4. The molecule has 0 radical (unpaired) electrons. The number of aliphatic hydroxyl groups is 1. The molecule has 0 atom stereocenters. The lowest BCUT2D eigenvalue weighted by Crippen LogP contribution is -2.42. The van der Waals surface area contributed by atoms with Gasteiger partial charge in [-0.25, -0.2) is 0 Å². The van der Waals surface area contributed by atoms with Gasteiger partial charge in [0.15, 0.2) is 0 Å². The topological polar surface area (TPSA) is 82.1 Å². The summed E-state index contributed by atoms with van der Waals surface area (Å²) in [5, 5.41) is 22.1. The summed E-state index contributed by atoms with van der Waals surface area (Å²) in [6.07, 6.45) is 7.04. The summed E-state index contributed by atoms with van der Waals surface area (Å²) in [6.45, 7) is 1.66. The third-order valence-corrected chi connectivity index (χ3v) is 4.35. The summed E-state index contributed by atoms with van der Waals surface area (Å²) in [7, 11) is 2.06. The van der Waals surface area contributed by atoms with Gasteiger partial charge < -0.3 is 20.9 Å². The van der Waals surface area contributed by atoms with Gasteiger partial charge in [-0.3, -0.25) is 0 Å². The molecule has 0 bridgehead atoms. The van der Waals surface area contributed by atoms with Crippen LogP contribution in [0.4, 0.5) is 0 Å². The summed E-state index contributed by atoms with van der Waals surface area (Å²) in [6, 6.07) is 0. The van der Waals surface area contributed by atoms with Crippen LogP contribution in [0.1, 0.15) is 44.9 Å². The Morgan fingerprint density at radius 2 is 1.83 bits per heavy atom. The van der Waals surface area contributed by atoms with Crippen molar-refractivity contribution in [1.29, 1.82) is 0 Å². The number of rotatable bonds is 6. The van der Waals surface area contributed by atoms with Crippen molar-refractivity contribution < 1.29 is 10.3 Å². The molecule has 2 rings (SSSR count). The van der Waals surface area contributed by atoms with E-state index in [1.165, 1.54) is 0 Å². The Labute approximate surface area is 109 Å². The third-order valence-electron chi connectivity index (χ3n) is 4.35. The van der Waals surface area contributed by atoms with Crippen molar-refractivity contribution in [2.45, 2.75) is 50.5 Å². The predicted octanol–water partition coefficient (Wildman–Crippen LogP) is 1.14. The van der Waals surface area contributed by atoms with Crippen LogP contribution in [-0.4, -0.2) is 46.8 Å². The van der Waals surface area contributed by atoms with Gasteiger partial charge in [-0.1, -0.05) is 18.0 Å². The largest absolute Gasteiger partial charge is 0.409 e. The van der Waals surface area contributed by atoms with E-state index >= 15 is 0 Å². The molecule has 4 N–H and O–H groups in total. The van der Waals surface area contributed by atoms with Crippen molar-refractivity contribution in [2.24, 2.45) is 16.3 Å². The summed E-state index contributed by atoms with van der Waals surface area (Å²) in [5.41, 5.74) is 5.29. The Kier molecular flexibility index (Phi) is 3.82. The smallest absolute Gasteiger partial charge is 0.139 e. The quantitative estimate of drug-likeness (QED) is 0.288. The van der Waals surface area contributed by atoms with Gasteiger partial charge in [0, 0.05) is 19.5 Å². The molecule has 0 aromatic heterocycles. The highest BCUT2D eigenvalue weighted by Crippen LogP contribution is 2.49. The molecule has 5 heteroatoms. The van der Waals surface area contributed by atoms with E-state index in [0.29, 0.717) is 12.3 Å². The van der Waals surface area contributed by atoms with Crippen LogP contribution in [0.15, 0.2) is 5.16 Å². The predicted molar refractivity (Wildman–Crippen MR) is 70.6 cm³/mol. The van der Waals surface area contributed by atoms with E-state index in [2.05, 4.69) is 17.1 Å². The fraction of sp³-hybridized carbons (Fsp3) is 0.923. The Morgan fingerprint density at radius 1 is 1.22 bits per heavy atom. The molecule has 2 saturated carbocycles. The summed E-state index contributed by atoms with van der Waals surface area (Å²) in [5.74, 6) is 0.320. The van der Waals surface area contributed by atoms with Crippen LogP contribution in [0.3, 0.4) is 0 Å². The van der Waals surface area contributed by atoms with E-state index in [1.54, 1.807) is 0 Å².